The van der Waals surface area contributed by atoms with Gasteiger partial charge in [-0.25, -0.2) is 4.39 Å². The van der Waals surface area contributed by atoms with Gasteiger partial charge in [0.15, 0.2) is 0 Å². The van der Waals surface area contributed by atoms with Gasteiger partial charge >= 0.3 is 0 Å². The second-order valence-corrected chi connectivity index (χ2v) is 2.78. The molecular formula is C10H9FN2O. The van der Waals surface area contributed by atoms with Crippen LogP contribution < -0.4 is 5.32 Å². The number of nitrogens with one attached hydrogen (secondary N) is 1. The monoisotopic (exact) mass is 192 g/mol. The van der Waals surface area contributed by atoms with Crippen LogP contribution in [-0.2, 0) is 0 Å². The van der Waals surface area contributed by atoms with Gasteiger partial charge in [-0.1, -0.05) is 12.1 Å². The molecule has 0 atom stereocenters. The van der Waals surface area contributed by atoms with E-state index in [4.69, 9.17) is 5.26 Å². The first kappa shape index (κ1) is 10.2. The van der Waals surface area contributed by atoms with Crippen LogP contribution in [0.5, 0.6) is 0 Å². The van der Waals surface area contributed by atoms with Crippen molar-refractivity contribution in [1.29, 1.82) is 5.26 Å². The number of halogens is 1. The number of amides is 1. The van der Waals surface area contributed by atoms with E-state index < -0.39 is 11.7 Å². The van der Waals surface area contributed by atoms with Crippen LogP contribution in [0.1, 0.15) is 15.9 Å². The third-order valence-electron chi connectivity index (χ3n) is 1.76. The van der Waals surface area contributed by atoms with Gasteiger partial charge in [-0.05, 0) is 18.6 Å². The summed E-state index contributed by atoms with van der Waals surface area (Å²) in [5.74, 6) is -1.10. The summed E-state index contributed by atoms with van der Waals surface area (Å²) in [6.07, 6.45) is 0. The Bertz CT molecular complexity index is 396. The zero-order chi connectivity index (χ0) is 10.6. The van der Waals surface area contributed by atoms with E-state index in [1.807, 2.05) is 0 Å². The minimum Gasteiger partial charge on any atom is -0.339 e. The molecular weight excluding hydrogens is 183 g/mol. The van der Waals surface area contributed by atoms with E-state index in [2.05, 4.69) is 5.32 Å². The van der Waals surface area contributed by atoms with Crippen molar-refractivity contribution in [3.05, 3.63) is 35.1 Å². The molecule has 0 aromatic heterocycles. The lowest BCUT2D eigenvalue weighted by atomic mass is 10.1. The van der Waals surface area contributed by atoms with Crippen LogP contribution in [0.15, 0.2) is 18.2 Å². The molecule has 72 valence electrons. The summed E-state index contributed by atoms with van der Waals surface area (Å²) < 4.78 is 13.3. The van der Waals surface area contributed by atoms with Crippen molar-refractivity contribution >= 4 is 5.91 Å². The Morgan fingerprint density at radius 2 is 2.36 bits per heavy atom. The number of benzene rings is 1. The van der Waals surface area contributed by atoms with Crippen LogP contribution in [0.4, 0.5) is 4.39 Å². The highest BCUT2D eigenvalue weighted by molar-refractivity contribution is 5.94. The number of hydrogen-bond donors (Lipinski definition) is 1. The fraction of sp³-hybridized carbons (Fsp3) is 0.200. The molecule has 0 fully saturated rings. The number of carbonyl (C=O) groups is 1. The van der Waals surface area contributed by atoms with Gasteiger partial charge in [0.05, 0.1) is 11.6 Å². The highest BCUT2D eigenvalue weighted by Crippen LogP contribution is 2.11. The molecule has 1 N–H and O–H groups in total. The highest BCUT2D eigenvalue weighted by Gasteiger charge is 2.11. The number of rotatable bonds is 2. The number of nitriles is 1. The molecule has 0 aliphatic carbocycles. The maximum Gasteiger partial charge on any atom is 0.255 e. The fourth-order valence-corrected chi connectivity index (χ4v) is 1.04. The summed E-state index contributed by atoms with van der Waals surface area (Å²) in [5.41, 5.74) is 0.384. The normalized spacial score (nSPS) is 9.21. The van der Waals surface area contributed by atoms with E-state index in [0.717, 1.165) is 0 Å². The van der Waals surface area contributed by atoms with Crippen LogP contribution >= 0.6 is 0 Å². The smallest absolute Gasteiger partial charge is 0.255 e. The lowest BCUT2D eigenvalue weighted by molar-refractivity contribution is 0.0954. The first-order valence-electron chi connectivity index (χ1n) is 4.07. The largest absolute Gasteiger partial charge is 0.339 e. The molecule has 0 heterocycles. The molecule has 0 bridgehead atoms. The number of carbonyl (C=O) groups excluding carboxylic acids is 1. The van der Waals surface area contributed by atoms with Crippen molar-refractivity contribution in [2.75, 3.05) is 6.54 Å². The van der Waals surface area contributed by atoms with Gasteiger partial charge in [0.25, 0.3) is 5.91 Å². The van der Waals surface area contributed by atoms with Gasteiger partial charge in [0, 0.05) is 0 Å². The van der Waals surface area contributed by atoms with E-state index in [1.165, 1.54) is 6.07 Å². The fourth-order valence-electron chi connectivity index (χ4n) is 1.04. The number of nitrogens with zero attached hydrogens (tertiary/aromatic N) is 1. The van der Waals surface area contributed by atoms with Crippen LogP contribution in [0.25, 0.3) is 0 Å². The Morgan fingerprint density at radius 3 is 3.00 bits per heavy atom. The topological polar surface area (TPSA) is 52.9 Å². The molecule has 0 saturated heterocycles. The molecule has 0 unspecified atom stereocenters. The summed E-state index contributed by atoms with van der Waals surface area (Å²) in [6, 6.07) is 6.31. The van der Waals surface area contributed by atoms with Crippen LogP contribution in [0.3, 0.4) is 0 Å². The number of aryl methyl sites for hydroxylation is 1. The summed E-state index contributed by atoms with van der Waals surface area (Å²) in [4.78, 5) is 11.3. The van der Waals surface area contributed by atoms with Gasteiger partial charge in [0.2, 0.25) is 0 Å². The first-order chi connectivity index (χ1) is 6.66. The third-order valence-corrected chi connectivity index (χ3v) is 1.76. The molecule has 0 aliphatic heterocycles. The van der Waals surface area contributed by atoms with Crippen molar-refractivity contribution in [2.24, 2.45) is 0 Å². The molecule has 14 heavy (non-hydrogen) atoms. The average molecular weight is 192 g/mol. The van der Waals surface area contributed by atoms with Crippen LogP contribution in [-0.4, -0.2) is 12.5 Å². The Morgan fingerprint density at radius 1 is 1.64 bits per heavy atom. The Kier molecular flexibility index (Phi) is 3.19. The zero-order valence-corrected chi connectivity index (χ0v) is 7.67. The predicted octanol–water partition coefficient (Wildman–Crippen LogP) is 1.39. The molecule has 1 aromatic rings. The predicted molar refractivity (Wildman–Crippen MR) is 49.1 cm³/mol. The second-order valence-electron chi connectivity index (χ2n) is 2.78. The van der Waals surface area contributed by atoms with Crippen molar-refractivity contribution in [1.82, 2.24) is 5.32 Å². The molecule has 1 rings (SSSR count). The minimum absolute atomic E-state index is 0.0275. The van der Waals surface area contributed by atoms with Gasteiger partial charge in [0.1, 0.15) is 12.4 Å². The molecule has 0 spiro atoms. The van der Waals surface area contributed by atoms with E-state index in [9.17, 15) is 9.18 Å². The molecule has 1 amide bonds. The molecule has 1 aromatic carbocycles. The third kappa shape index (κ3) is 2.07. The maximum absolute atomic E-state index is 13.3. The van der Waals surface area contributed by atoms with E-state index in [1.54, 1.807) is 25.1 Å². The van der Waals surface area contributed by atoms with Crippen molar-refractivity contribution < 1.29 is 9.18 Å². The molecule has 4 heteroatoms. The second kappa shape index (κ2) is 4.38. The summed E-state index contributed by atoms with van der Waals surface area (Å²) >= 11 is 0. The van der Waals surface area contributed by atoms with E-state index in [-0.39, 0.29) is 12.1 Å². The Balaban J connectivity index is 2.91. The van der Waals surface area contributed by atoms with Gasteiger partial charge in [-0.3, -0.25) is 4.79 Å². The Hall–Kier alpha value is -1.89. The first-order valence-corrected chi connectivity index (χ1v) is 4.07. The summed E-state index contributed by atoms with van der Waals surface area (Å²) in [5, 5.41) is 10.5. The van der Waals surface area contributed by atoms with E-state index >= 15 is 0 Å². The minimum atomic E-state index is -0.562. The van der Waals surface area contributed by atoms with Gasteiger partial charge in [-0.2, -0.15) is 5.26 Å². The average Bonchev–Trinajstić information content (AvgIpc) is 2.18. The molecule has 0 radical (unpaired) electrons. The maximum atomic E-state index is 13.3. The zero-order valence-electron chi connectivity index (χ0n) is 7.67. The van der Waals surface area contributed by atoms with Gasteiger partial charge < -0.3 is 5.32 Å². The summed E-state index contributed by atoms with van der Waals surface area (Å²) in [6.45, 7) is 1.46. The van der Waals surface area contributed by atoms with Crippen molar-refractivity contribution in [3.63, 3.8) is 0 Å². The van der Waals surface area contributed by atoms with E-state index in [0.29, 0.717) is 5.56 Å². The number of hydrogen-bond acceptors (Lipinski definition) is 2. The lowest BCUT2D eigenvalue weighted by Gasteiger charge is -2.03. The SMILES string of the molecule is Cc1cccc(C(=O)NCC#N)c1F. The highest BCUT2D eigenvalue weighted by atomic mass is 19.1. The van der Waals surface area contributed by atoms with Crippen LogP contribution in [0.2, 0.25) is 0 Å². The summed E-state index contributed by atoms with van der Waals surface area (Å²) in [7, 11) is 0. The molecule has 0 saturated carbocycles. The molecule has 3 nitrogen and oxygen atoms in total. The quantitative estimate of drug-likeness (QED) is 0.720. The van der Waals surface area contributed by atoms with Crippen molar-refractivity contribution in [2.45, 2.75) is 6.92 Å². The van der Waals surface area contributed by atoms with Crippen LogP contribution in [0, 0.1) is 24.1 Å². The van der Waals surface area contributed by atoms with Gasteiger partial charge in [-0.15, -0.1) is 0 Å². The lowest BCUT2D eigenvalue weighted by Crippen LogP contribution is -2.24. The Labute approximate surface area is 81.2 Å². The van der Waals surface area contributed by atoms with Crippen molar-refractivity contribution in [3.8, 4) is 6.07 Å². The standard InChI is InChI=1S/C10H9FN2O/c1-7-3-2-4-8(9(7)11)10(14)13-6-5-12/h2-4H,6H2,1H3,(H,13,14). The molecule has 0 aliphatic rings.